The average molecular weight is 498 g/mol. The molecule has 166 valence electrons. The maximum absolute atomic E-state index is 12.6. The van der Waals surface area contributed by atoms with Gasteiger partial charge in [-0.2, -0.15) is 0 Å². The Bertz CT molecular complexity index is 1070. The van der Waals surface area contributed by atoms with Gasteiger partial charge in [-0.25, -0.2) is 4.98 Å². The lowest BCUT2D eigenvalue weighted by atomic mass is 9.95. The number of benzene rings is 1. The number of nitrogens with one attached hydrogen (secondary N) is 1. The summed E-state index contributed by atoms with van der Waals surface area (Å²) in [6.07, 6.45) is 3.60. The summed E-state index contributed by atoms with van der Waals surface area (Å²) in [7, 11) is 0. The first-order valence-corrected chi connectivity index (χ1v) is 11.4. The van der Waals surface area contributed by atoms with E-state index in [0.29, 0.717) is 56.4 Å². The lowest BCUT2D eigenvalue weighted by molar-refractivity contribution is -0.134. The molecule has 2 aromatic heterocycles. The minimum Gasteiger partial charge on any atom is -0.421 e. The summed E-state index contributed by atoms with van der Waals surface area (Å²) in [6, 6.07) is 11.4. The number of hydrogen-bond acceptors (Lipinski definition) is 6. The Balaban J connectivity index is 1.23. The first-order valence-electron chi connectivity index (χ1n) is 10.6. The van der Waals surface area contributed by atoms with Crippen LogP contribution in [0.5, 0.6) is 0 Å². The van der Waals surface area contributed by atoms with E-state index >= 15 is 0 Å². The Labute approximate surface area is 194 Å². The van der Waals surface area contributed by atoms with Gasteiger partial charge in [0.05, 0.1) is 0 Å². The second kappa shape index (κ2) is 10.0. The number of hydrogen-bond donors (Lipinski definition) is 1. The molecular weight excluding hydrogens is 474 g/mol. The highest BCUT2D eigenvalue weighted by molar-refractivity contribution is 9.10. The largest absolute Gasteiger partial charge is 0.421 e. The van der Waals surface area contributed by atoms with Crippen LogP contribution in [0.2, 0.25) is 0 Å². The molecule has 4 rings (SSSR count). The molecule has 1 saturated heterocycles. The number of anilines is 1. The number of carbonyl (C=O) groups is 2. The molecule has 3 heterocycles. The van der Waals surface area contributed by atoms with E-state index < -0.39 is 0 Å². The van der Waals surface area contributed by atoms with Gasteiger partial charge in [-0.3, -0.25) is 9.59 Å². The van der Waals surface area contributed by atoms with Crippen LogP contribution < -0.4 is 5.32 Å². The van der Waals surface area contributed by atoms with Crippen molar-refractivity contribution in [2.24, 2.45) is 5.92 Å². The highest BCUT2D eigenvalue weighted by Gasteiger charge is 2.27. The molecule has 0 spiro atoms. The van der Waals surface area contributed by atoms with Crippen LogP contribution >= 0.6 is 15.9 Å². The van der Waals surface area contributed by atoms with E-state index in [4.69, 9.17) is 4.42 Å². The maximum Gasteiger partial charge on any atom is 0.247 e. The molecule has 0 unspecified atom stereocenters. The Hall–Kier alpha value is -3.07. The van der Waals surface area contributed by atoms with E-state index in [0.717, 1.165) is 15.6 Å². The molecule has 1 aromatic carbocycles. The second-order valence-corrected chi connectivity index (χ2v) is 8.79. The molecule has 32 heavy (non-hydrogen) atoms. The molecule has 1 aliphatic heterocycles. The molecule has 0 atom stereocenters. The minimum absolute atomic E-state index is 0.0357. The zero-order valence-electron chi connectivity index (χ0n) is 17.8. The third-order valence-corrected chi connectivity index (χ3v) is 5.98. The van der Waals surface area contributed by atoms with Crippen LogP contribution in [0.4, 0.5) is 5.82 Å². The predicted molar refractivity (Wildman–Crippen MR) is 123 cm³/mol. The number of amides is 2. The van der Waals surface area contributed by atoms with Gasteiger partial charge in [-0.05, 0) is 60.0 Å². The Morgan fingerprint density at radius 2 is 1.88 bits per heavy atom. The van der Waals surface area contributed by atoms with Crippen LogP contribution in [0, 0.1) is 12.8 Å². The quantitative estimate of drug-likeness (QED) is 0.551. The van der Waals surface area contributed by atoms with Gasteiger partial charge in [0, 0.05) is 48.1 Å². The first-order chi connectivity index (χ1) is 15.5. The molecule has 0 radical (unpaired) electrons. The lowest BCUT2D eigenvalue weighted by Gasteiger charge is -2.31. The van der Waals surface area contributed by atoms with Crippen molar-refractivity contribution in [3.05, 3.63) is 58.5 Å². The summed E-state index contributed by atoms with van der Waals surface area (Å²) < 4.78 is 6.56. The molecule has 9 heteroatoms. The molecular formula is C23H24BrN5O3. The van der Waals surface area contributed by atoms with Crippen molar-refractivity contribution in [2.75, 3.05) is 18.4 Å². The van der Waals surface area contributed by atoms with Gasteiger partial charge in [0.25, 0.3) is 0 Å². The van der Waals surface area contributed by atoms with Crippen LogP contribution in [0.1, 0.15) is 30.7 Å². The number of likely N-dealkylation sites (tertiary alicyclic amines) is 1. The SMILES string of the molecule is Cc1ccc(-c2nnc(CCC(=O)N3CCC(C(=O)Nc4ccc(Br)cn4)CC3)o2)cc1. The summed E-state index contributed by atoms with van der Waals surface area (Å²) in [5.41, 5.74) is 2.02. The number of aryl methyl sites for hydroxylation is 2. The van der Waals surface area contributed by atoms with Crippen LogP contribution in [0.25, 0.3) is 11.5 Å². The molecule has 2 amide bonds. The molecule has 0 bridgehead atoms. The van der Waals surface area contributed by atoms with E-state index in [2.05, 4.69) is 36.4 Å². The fourth-order valence-electron chi connectivity index (χ4n) is 3.61. The summed E-state index contributed by atoms with van der Waals surface area (Å²) in [5.74, 6) is 1.29. The molecule has 0 saturated carbocycles. The number of rotatable bonds is 6. The first kappa shape index (κ1) is 22.1. The Morgan fingerprint density at radius 1 is 1.12 bits per heavy atom. The monoisotopic (exact) mass is 497 g/mol. The Morgan fingerprint density at radius 3 is 2.56 bits per heavy atom. The van der Waals surface area contributed by atoms with E-state index in [9.17, 15) is 9.59 Å². The van der Waals surface area contributed by atoms with Crippen LogP contribution in [-0.4, -0.2) is 45.0 Å². The van der Waals surface area contributed by atoms with E-state index in [-0.39, 0.29) is 17.7 Å². The smallest absolute Gasteiger partial charge is 0.247 e. The number of carbonyl (C=O) groups excluding carboxylic acids is 2. The number of nitrogens with zero attached hydrogens (tertiary/aromatic N) is 4. The van der Waals surface area contributed by atoms with Crippen molar-refractivity contribution in [2.45, 2.75) is 32.6 Å². The van der Waals surface area contributed by atoms with Crippen LogP contribution in [-0.2, 0) is 16.0 Å². The van der Waals surface area contributed by atoms with E-state index in [1.54, 1.807) is 17.2 Å². The highest BCUT2D eigenvalue weighted by atomic mass is 79.9. The zero-order chi connectivity index (χ0) is 22.5. The van der Waals surface area contributed by atoms with Crippen molar-refractivity contribution >= 4 is 33.6 Å². The van der Waals surface area contributed by atoms with Crippen molar-refractivity contribution in [3.8, 4) is 11.5 Å². The minimum atomic E-state index is -0.127. The summed E-state index contributed by atoms with van der Waals surface area (Å²) in [6.45, 7) is 3.13. The normalized spacial score (nSPS) is 14.4. The summed E-state index contributed by atoms with van der Waals surface area (Å²) >= 11 is 3.32. The van der Waals surface area contributed by atoms with Crippen molar-refractivity contribution in [3.63, 3.8) is 0 Å². The van der Waals surface area contributed by atoms with Crippen molar-refractivity contribution in [1.82, 2.24) is 20.1 Å². The number of halogens is 1. The number of piperidine rings is 1. The predicted octanol–water partition coefficient (Wildman–Crippen LogP) is 4.01. The van der Waals surface area contributed by atoms with Gasteiger partial charge in [-0.15, -0.1) is 10.2 Å². The molecule has 1 fully saturated rings. The van der Waals surface area contributed by atoms with E-state index in [1.807, 2.05) is 37.3 Å². The molecule has 1 N–H and O–H groups in total. The van der Waals surface area contributed by atoms with Gasteiger partial charge >= 0.3 is 0 Å². The number of pyridine rings is 1. The molecule has 3 aromatic rings. The van der Waals surface area contributed by atoms with Gasteiger partial charge in [0.2, 0.25) is 23.6 Å². The third-order valence-electron chi connectivity index (χ3n) is 5.52. The lowest BCUT2D eigenvalue weighted by Crippen LogP contribution is -2.41. The topological polar surface area (TPSA) is 101 Å². The van der Waals surface area contributed by atoms with Gasteiger partial charge < -0.3 is 14.6 Å². The second-order valence-electron chi connectivity index (χ2n) is 7.87. The molecule has 1 aliphatic rings. The van der Waals surface area contributed by atoms with Gasteiger partial charge in [0.1, 0.15) is 5.82 Å². The maximum atomic E-state index is 12.6. The number of aromatic nitrogens is 3. The fraction of sp³-hybridized carbons (Fsp3) is 0.348. The fourth-order valence-corrected chi connectivity index (χ4v) is 3.84. The van der Waals surface area contributed by atoms with Gasteiger partial charge in [0.15, 0.2) is 0 Å². The zero-order valence-corrected chi connectivity index (χ0v) is 19.3. The van der Waals surface area contributed by atoms with Crippen LogP contribution in [0.3, 0.4) is 0 Å². The standard InChI is InChI=1S/C23H24BrN5O3/c1-15-2-4-17(5-3-15)23-28-27-20(32-23)8-9-21(30)29-12-10-16(11-13-29)22(31)26-19-7-6-18(24)14-25-19/h2-7,14,16H,8-13H2,1H3,(H,25,26,31). The summed E-state index contributed by atoms with van der Waals surface area (Å²) in [4.78, 5) is 31.1. The van der Waals surface area contributed by atoms with Gasteiger partial charge in [-0.1, -0.05) is 17.7 Å². The molecule has 8 nitrogen and oxygen atoms in total. The van der Waals surface area contributed by atoms with Crippen molar-refractivity contribution < 1.29 is 14.0 Å². The Kier molecular flexibility index (Phi) is 6.94. The van der Waals surface area contributed by atoms with Crippen LogP contribution in [0.15, 0.2) is 51.5 Å². The average Bonchev–Trinajstić information content (AvgIpc) is 3.28. The van der Waals surface area contributed by atoms with E-state index in [1.165, 1.54) is 0 Å². The van der Waals surface area contributed by atoms with Crippen molar-refractivity contribution in [1.29, 1.82) is 0 Å². The third kappa shape index (κ3) is 5.59. The highest BCUT2D eigenvalue weighted by Crippen LogP contribution is 2.22. The molecule has 0 aliphatic carbocycles. The summed E-state index contributed by atoms with van der Waals surface area (Å²) in [5, 5.41) is 11.0.